The van der Waals surface area contributed by atoms with E-state index >= 15 is 0 Å². The Hall–Kier alpha value is -3.57. The summed E-state index contributed by atoms with van der Waals surface area (Å²) in [5, 5.41) is 13.9. The van der Waals surface area contributed by atoms with Crippen molar-refractivity contribution in [2.24, 2.45) is 0 Å². The van der Waals surface area contributed by atoms with E-state index < -0.39 is 23.4 Å². The van der Waals surface area contributed by atoms with E-state index in [2.05, 4.69) is 15.3 Å². The maximum atomic E-state index is 13.0. The van der Waals surface area contributed by atoms with Gasteiger partial charge in [-0.2, -0.15) is 18.2 Å². The second-order valence-corrected chi connectivity index (χ2v) is 9.70. The van der Waals surface area contributed by atoms with Crippen LogP contribution in [-0.2, 0) is 13.1 Å². The Balaban J connectivity index is 1.72. The van der Waals surface area contributed by atoms with Gasteiger partial charge < -0.3 is 19.7 Å². The summed E-state index contributed by atoms with van der Waals surface area (Å²) < 4.78 is 46.6. The lowest BCUT2D eigenvalue weighted by atomic mass is 10.1. The highest BCUT2D eigenvalue weighted by Crippen LogP contribution is 2.27. The molecule has 0 aliphatic rings. The minimum atomic E-state index is -4.48. The van der Waals surface area contributed by atoms with Crippen molar-refractivity contribution in [2.45, 2.75) is 51.7 Å². The van der Waals surface area contributed by atoms with Crippen LogP contribution in [0.3, 0.4) is 0 Å². The van der Waals surface area contributed by atoms with Gasteiger partial charge in [0.25, 0.3) is 0 Å². The van der Waals surface area contributed by atoms with Crippen molar-refractivity contribution in [1.82, 2.24) is 19.1 Å². The van der Waals surface area contributed by atoms with Crippen molar-refractivity contribution in [3.63, 3.8) is 0 Å². The molecule has 4 rings (SSSR count). The number of alkyl halides is 3. The quantitative estimate of drug-likeness (QED) is 0.324. The SMILES string of the molecule is C[C@@H](Oc1ccc(Nc2nc(=O)c3c(ncn3CC(C)(C)O)n2Cc2ccc(Cl)cc2)cc1)C(F)(F)F. The largest absolute Gasteiger partial charge is 0.481 e. The predicted octanol–water partition coefficient (Wildman–Crippen LogP) is 5.14. The number of nitrogens with zero attached hydrogens (tertiary/aromatic N) is 4. The van der Waals surface area contributed by atoms with Crippen LogP contribution in [0.2, 0.25) is 5.02 Å². The molecule has 12 heteroatoms. The normalized spacial score (nSPS) is 13.1. The average molecular weight is 536 g/mol. The van der Waals surface area contributed by atoms with Crippen LogP contribution in [-0.4, -0.2) is 42.1 Å². The lowest BCUT2D eigenvalue weighted by Crippen LogP contribution is -2.31. The Morgan fingerprint density at radius 1 is 1.11 bits per heavy atom. The standard InChI is InChI=1S/C25H25ClF3N5O3/c1-15(25(27,28)29)37-19-10-8-18(9-11-19)31-23-32-22(35)20-21(30-14-33(20)13-24(2,3)36)34(23)12-16-4-6-17(26)7-5-16/h4-11,14-15,36H,12-13H2,1-3H3,(H,31,32,35)/t15-/m1/s1. The second kappa shape index (κ2) is 10.1. The summed E-state index contributed by atoms with van der Waals surface area (Å²) >= 11 is 6.02. The summed E-state index contributed by atoms with van der Waals surface area (Å²) in [5.74, 6) is 0.223. The Bertz CT molecular complexity index is 1440. The second-order valence-electron chi connectivity index (χ2n) is 9.26. The number of aliphatic hydroxyl groups is 1. The first kappa shape index (κ1) is 26.5. The molecule has 0 amide bonds. The van der Waals surface area contributed by atoms with E-state index in [1.807, 2.05) is 12.1 Å². The van der Waals surface area contributed by atoms with Crippen LogP contribution in [0.1, 0.15) is 26.3 Å². The molecule has 8 nitrogen and oxygen atoms in total. The highest BCUT2D eigenvalue weighted by atomic mass is 35.5. The molecule has 0 radical (unpaired) electrons. The molecule has 196 valence electrons. The number of halogens is 4. The average Bonchev–Trinajstić information content (AvgIpc) is 3.21. The molecule has 0 fully saturated rings. The van der Waals surface area contributed by atoms with Crippen LogP contribution in [0.25, 0.3) is 11.2 Å². The number of nitrogens with one attached hydrogen (secondary N) is 1. The third-order valence-corrected chi connectivity index (χ3v) is 5.69. The van der Waals surface area contributed by atoms with Gasteiger partial charge in [-0.3, -0.25) is 9.36 Å². The zero-order valence-electron chi connectivity index (χ0n) is 20.3. The highest BCUT2D eigenvalue weighted by molar-refractivity contribution is 6.30. The Labute approximate surface area is 215 Å². The Morgan fingerprint density at radius 2 is 1.76 bits per heavy atom. The number of ether oxygens (including phenoxy) is 1. The fraction of sp³-hybridized carbons (Fsp3) is 0.320. The number of benzene rings is 2. The van der Waals surface area contributed by atoms with Crippen molar-refractivity contribution < 1.29 is 23.0 Å². The molecule has 0 unspecified atom stereocenters. The summed E-state index contributed by atoms with van der Waals surface area (Å²) in [7, 11) is 0. The van der Waals surface area contributed by atoms with E-state index in [4.69, 9.17) is 16.3 Å². The van der Waals surface area contributed by atoms with E-state index in [1.165, 1.54) is 30.6 Å². The van der Waals surface area contributed by atoms with Crippen LogP contribution >= 0.6 is 11.6 Å². The maximum absolute atomic E-state index is 13.0. The molecule has 0 aliphatic carbocycles. The molecule has 0 saturated heterocycles. The summed E-state index contributed by atoms with van der Waals surface area (Å²) in [6, 6.07) is 13.0. The van der Waals surface area contributed by atoms with Crippen molar-refractivity contribution in [3.8, 4) is 5.75 Å². The fourth-order valence-corrected chi connectivity index (χ4v) is 3.79. The van der Waals surface area contributed by atoms with E-state index in [1.54, 1.807) is 35.1 Å². The zero-order valence-corrected chi connectivity index (χ0v) is 21.0. The summed E-state index contributed by atoms with van der Waals surface area (Å²) in [4.78, 5) is 21.7. The van der Waals surface area contributed by atoms with Gasteiger partial charge in [0.15, 0.2) is 17.3 Å². The third kappa shape index (κ3) is 6.41. The number of fused-ring (bicyclic) bond motifs is 1. The van der Waals surface area contributed by atoms with Crippen LogP contribution in [0.4, 0.5) is 24.8 Å². The van der Waals surface area contributed by atoms with Gasteiger partial charge in [-0.15, -0.1) is 0 Å². The molecule has 0 aliphatic heterocycles. The Morgan fingerprint density at radius 3 is 2.35 bits per heavy atom. The van der Waals surface area contributed by atoms with E-state index in [0.717, 1.165) is 12.5 Å². The van der Waals surface area contributed by atoms with Crippen molar-refractivity contribution >= 4 is 34.4 Å². The van der Waals surface area contributed by atoms with Gasteiger partial charge in [0.05, 0.1) is 25.0 Å². The molecule has 2 aromatic heterocycles. The molecule has 2 N–H and O–H groups in total. The molecule has 37 heavy (non-hydrogen) atoms. The molecule has 0 bridgehead atoms. The minimum absolute atomic E-state index is 0.0442. The maximum Gasteiger partial charge on any atom is 0.425 e. The predicted molar refractivity (Wildman–Crippen MR) is 135 cm³/mol. The van der Waals surface area contributed by atoms with Gasteiger partial charge in [-0.05, 0) is 62.7 Å². The lowest BCUT2D eigenvalue weighted by Gasteiger charge is -2.19. The van der Waals surface area contributed by atoms with Gasteiger partial charge in [-0.25, -0.2) is 4.98 Å². The number of imidazole rings is 1. The molecular weight excluding hydrogens is 511 g/mol. The van der Waals surface area contributed by atoms with Crippen LogP contribution in [0.15, 0.2) is 59.7 Å². The fourth-order valence-electron chi connectivity index (χ4n) is 3.67. The molecule has 1 atom stereocenters. The van der Waals surface area contributed by atoms with E-state index in [0.29, 0.717) is 16.4 Å². The van der Waals surface area contributed by atoms with Gasteiger partial charge in [-0.1, -0.05) is 23.7 Å². The first-order valence-electron chi connectivity index (χ1n) is 11.3. The number of hydrogen-bond acceptors (Lipinski definition) is 6. The smallest absolute Gasteiger partial charge is 0.425 e. The lowest BCUT2D eigenvalue weighted by molar-refractivity contribution is -0.189. The topological polar surface area (TPSA) is 94.2 Å². The van der Waals surface area contributed by atoms with Crippen LogP contribution in [0, 0.1) is 0 Å². The number of anilines is 2. The van der Waals surface area contributed by atoms with Crippen LogP contribution < -0.4 is 15.6 Å². The van der Waals surface area contributed by atoms with Crippen molar-refractivity contribution in [1.29, 1.82) is 0 Å². The van der Waals surface area contributed by atoms with Crippen molar-refractivity contribution in [3.05, 3.63) is 75.8 Å². The molecule has 0 saturated carbocycles. The molecule has 2 aromatic carbocycles. The van der Waals surface area contributed by atoms with E-state index in [-0.39, 0.29) is 30.3 Å². The Kier molecular flexibility index (Phi) is 7.20. The number of aromatic nitrogens is 4. The molecule has 0 spiro atoms. The van der Waals surface area contributed by atoms with Gasteiger partial charge in [0, 0.05) is 10.7 Å². The van der Waals surface area contributed by atoms with Crippen LogP contribution in [0.5, 0.6) is 5.75 Å². The van der Waals surface area contributed by atoms with Gasteiger partial charge in [0.1, 0.15) is 5.75 Å². The van der Waals surface area contributed by atoms with Gasteiger partial charge in [0.2, 0.25) is 5.95 Å². The van der Waals surface area contributed by atoms with Crippen molar-refractivity contribution in [2.75, 3.05) is 5.32 Å². The number of rotatable bonds is 8. The first-order valence-corrected chi connectivity index (χ1v) is 11.7. The zero-order chi connectivity index (χ0) is 27.0. The number of hydrogen-bond donors (Lipinski definition) is 2. The third-order valence-electron chi connectivity index (χ3n) is 5.44. The highest BCUT2D eigenvalue weighted by Gasteiger charge is 2.38. The first-order chi connectivity index (χ1) is 17.3. The van der Waals surface area contributed by atoms with E-state index in [9.17, 15) is 23.1 Å². The summed E-state index contributed by atoms with van der Waals surface area (Å²) in [5.41, 5.74) is 0.267. The molecule has 4 aromatic rings. The summed E-state index contributed by atoms with van der Waals surface area (Å²) in [6.45, 7) is 4.59. The molecule has 2 heterocycles. The minimum Gasteiger partial charge on any atom is -0.481 e. The van der Waals surface area contributed by atoms with Gasteiger partial charge >= 0.3 is 11.7 Å². The summed E-state index contributed by atoms with van der Waals surface area (Å²) in [6.07, 6.45) is -4.97. The molecular formula is C25H25ClF3N5O3. The monoisotopic (exact) mass is 535 g/mol.